The molecule has 4 aliphatic rings. The van der Waals surface area contributed by atoms with Crippen molar-refractivity contribution in [2.24, 2.45) is 40.4 Å². The maximum atomic E-state index is 12.1. The lowest BCUT2D eigenvalue weighted by atomic mass is 9.49. The zero-order chi connectivity index (χ0) is 20.1. The molecule has 1 nitrogen and oxygen atoms in total. The fourth-order valence-corrected chi connectivity index (χ4v) is 8.28. The molecule has 0 N–H and O–H groups in total. The monoisotopic (exact) mass is 384 g/mol. The molecular formula is C27H44O. The maximum Gasteiger partial charge on any atom is 0.133 e. The summed E-state index contributed by atoms with van der Waals surface area (Å²) in [7, 11) is 0. The lowest BCUT2D eigenvalue weighted by Crippen LogP contribution is -2.47. The third-order valence-electron chi connectivity index (χ3n) is 10.0. The molecular weight excluding hydrogens is 340 g/mol. The van der Waals surface area contributed by atoms with Gasteiger partial charge in [-0.1, -0.05) is 65.0 Å². The summed E-state index contributed by atoms with van der Waals surface area (Å²) in [5, 5.41) is 0. The molecule has 0 saturated heterocycles. The molecule has 4 unspecified atom stereocenters. The van der Waals surface area contributed by atoms with Crippen LogP contribution >= 0.6 is 0 Å². The SMILES string of the molecule is CC(C)CCC[C@@H](C)[C@H]1CCC2=C3CCC4CC(=O)CCC4(C)C3CCC21C. The molecule has 0 radical (unpaired) electrons. The van der Waals surface area contributed by atoms with E-state index in [0.717, 1.165) is 42.9 Å². The largest absolute Gasteiger partial charge is 0.300 e. The smallest absolute Gasteiger partial charge is 0.133 e. The highest BCUT2D eigenvalue weighted by Gasteiger charge is 2.55. The summed E-state index contributed by atoms with van der Waals surface area (Å²) in [5.74, 6) is 4.62. The van der Waals surface area contributed by atoms with E-state index in [2.05, 4.69) is 34.6 Å². The Hall–Kier alpha value is -0.590. The highest BCUT2D eigenvalue weighted by molar-refractivity contribution is 5.79. The van der Waals surface area contributed by atoms with Gasteiger partial charge in [-0.05, 0) is 85.4 Å². The number of Topliss-reactive ketones (excluding diaryl/α,β-unsaturated/α-hetero) is 1. The van der Waals surface area contributed by atoms with Gasteiger partial charge in [-0.3, -0.25) is 4.79 Å². The van der Waals surface area contributed by atoms with E-state index in [1.54, 1.807) is 0 Å². The molecule has 0 heterocycles. The number of hydrogen-bond donors (Lipinski definition) is 0. The number of carbonyl (C=O) groups excluding carboxylic acids is 1. The van der Waals surface area contributed by atoms with E-state index in [1.165, 1.54) is 57.8 Å². The number of carbonyl (C=O) groups is 1. The quantitative estimate of drug-likeness (QED) is 0.443. The molecule has 0 aromatic carbocycles. The predicted octanol–water partition coefficient (Wildman–Crippen LogP) is 7.74. The van der Waals surface area contributed by atoms with Crippen molar-refractivity contribution < 1.29 is 4.79 Å². The van der Waals surface area contributed by atoms with E-state index in [4.69, 9.17) is 0 Å². The average Bonchev–Trinajstić information content (AvgIpc) is 2.99. The van der Waals surface area contributed by atoms with Crippen LogP contribution in [0.25, 0.3) is 0 Å². The van der Waals surface area contributed by atoms with E-state index in [-0.39, 0.29) is 0 Å². The van der Waals surface area contributed by atoms with Crippen molar-refractivity contribution in [3.63, 3.8) is 0 Å². The summed E-state index contributed by atoms with van der Waals surface area (Å²) >= 11 is 0. The maximum absolute atomic E-state index is 12.1. The fraction of sp³-hybridized carbons (Fsp3) is 0.889. The van der Waals surface area contributed by atoms with Gasteiger partial charge in [0.2, 0.25) is 0 Å². The van der Waals surface area contributed by atoms with Crippen molar-refractivity contribution in [3.05, 3.63) is 11.1 Å². The van der Waals surface area contributed by atoms with Crippen LogP contribution in [0.2, 0.25) is 0 Å². The van der Waals surface area contributed by atoms with Gasteiger partial charge in [0.15, 0.2) is 0 Å². The number of allylic oxidation sites excluding steroid dienone is 2. The van der Waals surface area contributed by atoms with Crippen molar-refractivity contribution in [2.75, 3.05) is 0 Å². The van der Waals surface area contributed by atoms with Crippen LogP contribution in [0, 0.1) is 40.4 Å². The van der Waals surface area contributed by atoms with E-state index in [0.29, 0.717) is 22.5 Å². The molecule has 0 amide bonds. The summed E-state index contributed by atoms with van der Waals surface area (Å²) < 4.78 is 0. The fourth-order valence-electron chi connectivity index (χ4n) is 8.28. The van der Waals surface area contributed by atoms with E-state index >= 15 is 0 Å². The first-order chi connectivity index (χ1) is 13.3. The molecule has 3 saturated carbocycles. The number of fused-ring (bicyclic) bond motifs is 4. The van der Waals surface area contributed by atoms with Crippen molar-refractivity contribution in [1.29, 1.82) is 0 Å². The Morgan fingerprint density at radius 3 is 2.50 bits per heavy atom. The molecule has 3 fully saturated rings. The summed E-state index contributed by atoms with van der Waals surface area (Å²) in [5.41, 5.74) is 4.69. The van der Waals surface area contributed by atoms with Crippen LogP contribution in [0.1, 0.15) is 112 Å². The highest BCUT2D eigenvalue weighted by atomic mass is 16.1. The van der Waals surface area contributed by atoms with E-state index < -0.39 is 0 Å². The molecule has 0 aromatic heterocycles. The molecule has 28 heavy (non-hydrogen) atoms. The first-order valence-corrected chi connectivity index (χ1v) is 12.5. The van der Waals surface area contributed by atoms with Crippen molar-refractivity contribution >= 4 is 5.78 Å². The standard InChI is InChI=1S/C27H44O/c1-18(2)7-6-8-19(3)23-11-12-24-22-10-9-20-17-21(28)13-15-26(20,4)25(22)14-16-27(23,24)5/h18-20,23,25H,6-17H2,1-5H3/t19-,20?,23-,25?,26?,27?/m1/s1. The Morgan fingerprint density at radius 2 is 1.75 bits per heavy atom. The first kappa shape index (κ1) is 20.7. The summed E-state index contributed by atoms with van der Waals surface area (Å²) in [6.07, 6.45) is 15.3. The van der Waals surface area contributed by atoms with Gasteiger partial charge in [0.05, 0.1) is 0 Å². The van der Waals surface area contributed by atoms with E-state index in [9.17, 15) is 4.79 Å². The second-order valence-corrected chi connectivity index (χ2v) is 11.9. The van der Waals surface area contributed by atoms with Crippen LogP contribution in [0.5, 0.6) is 0 Å². The molecule has 0 spiro atoms. The Bertz CT molecular complexity index is 643. The van der Waals surface area contributed by atoms with Crippen LogP contribution in [0.4, 0.5) is 0 Å². The lowest BCUT2D eigenvalue weighted by molar-refractivity contribution is -0.127. The summed E-state index contributed by atoms with van der Waals surface area (Å²) in [4.78, 5) is 12.1. The zero-order valence-corrected chi connectivity index (χ0v) is 19.3. The van der Waals surface area contributed by atoms with Crippen molar-refractivity contribution in [2.45, 2.75) is 112 Å². The van der Waals surface area contributed by atoms with Crippen LogP contribution in [0.15, 0.2) is 11.1 Å². The number of rotatable bonds is 5. The molecule has 6 atom stereocenters. The topological polar surface area (TPSA) is 17.1 Å². The molecule has 158 valence electrons. The molecule has 4 aliphatic carbocycles. The Morgan fingerprint density at radius 1 is 0.964 bits per heavy atom. The van der Waals surface area contributed by atoms with Gasteiger partial charge >= 0.3 is 0 Å². The third kappa shape index (κ3) is 3.33. The number of ketones is 1. The van der Waals surface area contributed by atoms with Gasteiger partial charge in [0.1, 0.15) is 5.78 Å². The highest BCUT2D eigenvalue weighted by Crippen LogP contribution is 2.65. The Labute approximate surface area is 174 Å². The Balaban J connectivity index is 1.54. The summed E-state index contributed by atoms with van der Waals surface area (Å²) in [6, 6.07) is 0. The van der Waals surface area contributed by atoms with Gasteiger partial charge in [-0.25, -0.2) is 0 Å². The second kappa shape index (κ2) is 7.59. The molecule has 0 aromatic rings. The van der Waals surface area contributed by atoms with Crippen LogP contribution in [-0.4, -0.2) is 5.78 Å². The summed E-state index contributed by atoms with van der Waals surface area (Å²) in [6.45, 7) is 12.5. The van der Waals surface area contributed by atoms with E-state index in [1.807, 2.05) is 11.1 Å². The minimum atomic E-state index is 0.413. The van der Waals surface area contributed by atoms with Gasteiger partial charge in [-0.2, -0.15) is 0 Å². The molecule has 1 heteroatoms. The minimum Gasteiger partial charge on any atom is -0.300 e. The van der Waals surface area contributed by atoms with Crippen LogP contribution < -0.4 is 0 Å². The second-order valence-electron chi connectivity index (χ2n) is 11.9. The lowest BCUT2D eigenvalue weighted by Gasteiger charge is -2.56. The molecule has 0 aliphatic heterocycles. The molecule has 0 bridgehead atoms. The van der Waals surface area contributed by atoms with Crippen molar-refractivity contribution in [1.82, 2.24) is 0 Å². The van der Waals surface area contributed by atoms with Crippen molar-refractivity contribution in [3.8, 4) is 0 Å². The number of hydrogen-bond acceptors (Lipinski definition) is 1. The predicted molar refractivity (Wildman–Crippen MR) is 118 cm³/mol. The average molecular weight is 385 g/mol. The Kier molecular flexibility index (Phi) is 5.60. The van der Waals surface area contributed by atoms with Gasteiger partial charge < -0.3 is 0 Å². The van der Waals surface area contributed by atoms with Gasteiger partial charge in [0, 0.05) is 12.8 Å². The zero-order valence-electron chi connectivity index (χ0n) is 19.3. The third-order valence-corrected chi connectivity index (χ3v) is 10.0. The minimum absolute atomic E-state index is 0.413. The molecule has 4 rings (SSSR count). The normalized spacial score (nSPS) is 41.6. The first-order valence-electron chi connectivity index (χ1n) is 12.5. The van der Waals surface area contributed by atoms with Gasteiger partial charge in [0.25, 0.3) is 0 Å². The van der Waals surface area contributed by atoms with Crippen LogP contribution in [0.3, 0.4) is 0 Å². The van der Waals surface area contributed by atoms with Crippen LogP contribution in [-0.2, 0) is 4.79 Å². The van der Waals surface area contributed by atoms with Gasteiger partial charge in [-0.15, -0.1) is 0 Å².